The minimum Gasteiger partial charge on any atom is -0.374 e. The molecule has 6 nitrogen and oxygen atoms in total. The van der Waals surface area contributed by atoms with Crippen molar-refractivity contribution in [1.82, 2.24) is 14.9 Å². The molecule has 19 heavy (non-hydrogen) atoms. The maximum atomic E-state index is 5.71. The number of hydrogen-bond acceptors (Lipinski definition) is 7. The van der Waals surface area contributed by atoms with Crippen LogP contribution in [0.4, 0.5) is 11.6 Å². The standard InChI is InChI=1S/C12H21N5OS/c1-13-10-6-11(16-12(15-10)19-3)14-7-9-8-17(2)4-5-18-9/h6,9H,4-5,7-8H2,1-3H3,(H2,13,14,15,16). The summed E-state index contributed by atoms with van der Waals surface area (Å²) in [5, 5.41) is 7.13. The molecule has 0 spiro atoms. The molecule has 2 heterocycles. The number of anilines is 2. The molecular weight excluding hydrogens is 262 g/mol. The predicted octanol–water partition coefficient (Wildman–Crippen LogP) is 0.983. The summed E-state index contributed by atoms with van der Waals surface area (Å²) in [4.78, 5) is 11.1. The highest BCUT2D eigenvalue weighted by Gasteiger charge is 2.17. The molecule has 0 amide bonds. The van der Waals surface area contributed by atoms with Crippen LogP contribution in [-0.4, -0.2) is 67.6 Å². The zero-order valence-electron chi connectivity index (χ0n) is 11.6. The molecule has 1 saturated heterocycles. The van der Waals surface area contributed by atoms with Crippen LogP contribution in [0.2, 0.25) is 0 Å². The van der Waals surface area contributed by atoms with Crippen LogP contribution in [0.5, 0.6) is 0 Å². The fraction of sp³-hybridized carbons (Fsp3) is 0.667. The Morgan fingerprint density at radius 3 is 2.95 bits per heavy atom. The molecule has 1 aliphatic heterocycles. The Morgan fingerprint density at radius 1 is 1.47 bits per heavy atom. The second-order valence-corrected chi connectivity index (χ2v) is 5.28. The maximum absolute atomic E-state index is 5.71. The van der Waals surface area contributed by atoms with Crippen molar-refractivity contribution in [3.05, 3.63) is 6.07 Å². The number of nitrogens with zero attached hydrogens (tertiary/aromatic N) is 3. The molecule has 1 aliphatic rings. The summed E-state index contributed by atoms with van der Waals surface area (Å²) in [7, 11) is 3.97. The molecule has 1 aromatic rings. The first kappa shape index (κ1) is 14.4. The molecule has 1 fully saturated rings. The number of nitrogens with one attached hydrogen (secondary N) is 2. The Bertz CT molecular complexity index is 395. The zero-order valence-corrected chi connectivity index (χ0v) is 12.5. The van der Waals surface area contributed by atoms with Gasteiger partial charge in [-0.3, -0.25) is 0 Å². The molecule has 7 heteroatoms. The van der Waals surface area contributed by atoms with Crippen molar-refractivity contribution >= 4 is 23.4 Å². The van der Waals surface area contributed by atoms with Crippen molar-refractivity contribution < 1.29 is 4.74 Å². The highest BCUT2D eigenvalue weighted by molar-refractivity contribution is 7.98. The van der Waals surface area contributed by atoms with Gasteiger partial charge in [-0.1, -0.05) is 11.8 Å². The van der Waals surface area contributed by atoms with E-state index in [0.29, 0.717) is 0 Å². The van der Waals surface area contributed by atoms with Gasteiger partial charge in [0, 0.05) is 32.7 Å². The van der Waals surface area contributed by atoms with Crippen molar-refractivity contribution in [3.63, 3.8) is 0 Å². The van der Waals surface area contributed by atoms with Crippen molar-refractivity contribution in [1.29, 1.82) is 0 Å². The number of hydrogen-bond donors (Lipinski definition) is 2. The van der Waals surface area contributed by atoms with E-state index in [4.69, 9.17) is 4.74 Å². The van der Waals surface area contributed by atoms with Crippen LogP contribution in [0, 0.1) is 0 Å². The van der Waals surface area contributed by atoms with Gasteiger partial charge < -0.3 is 20.3 Å². The van der Waals surface area contributed by atoms with Crippen LogP contribution in [-0.2, 0) is 4.74 Å². The molecule has 1 unspecified atom stereocenters. The van der Waals surface area contributed by atoms with E-state index in [0.717, 1.165) is 43.0 Å². The summed E-state index contributed by atoms with van der Waals surface area (Å²) in [6.45, 7) is 3.51. The quantitative estimate of drug-likeness (QED) is 0.617. The second kappa shape index (κ2) is 6.93. The Kier molecular flexibility index (Phi) is 5.24. The van der Waals surface area contributed by atoms with Crippen molar-refractivity contribution in [2.75, 3.05) is 57.2 Å². The van der Waals surface area contributed by atoms with E-state index < -0.39 is 0 Å². The van der Waals surface area contributed by atoms with E-state index in [9.17, 15) is 0 Å². The largest absolute Gasteiger partial charge is 0.374 e. The van der Waals surface area contributed by atoms with Crippen molar-refractivity contribution in [2.24, 2.45) is 0 Å². The second-order valence-electron chi connectivity index (χ2n) is 4.51. The summed E-state index contributed by atoms with van der Waals surface area (Å²) in [5.74, 6) is 1.66. The minimum atomic E-state index is 0.212. The van der Waals surface area contributed by atoms with Crippen molar-refractivity contribution in [3.8, 4) is 0 Å². The molecule has 0 aromatic carbocycles. The molecule has 2 rings (SSSR count). The van der Waals surface area contributed by atoms with E-state index >= 15 is 0 Å². The van der Waals surface area contributed by atoms with Gasteiger partial charge in [0.1, 0.15) is 11.6 Å². The molecule has 1 aromatic heterocycles. The lowest BCUT2D eigenvalue weighted by atomic mass is 10.3. The van der Waals surface area contributed by atoms with E-state index in [1.165, 1.54) is 11.8 Å². The Labute approximate surface area is 118 Å². The van der Waals surface area contributed by atoms with E-state index in [1.54, 1.807) is 0 Å². The van der Waals surface area contributed by atoms with Gasteiger partial charge in [0.2, 0.25) is 0 Å². The summed E-state index contributed by atoms with van der Waals surface area (Å²) < 4.78 is 5.71. The van der Waals surface area contributed by atoms with Crippen LogP contribution < -0.4 is 10.6 Å². The van der Waals surface area contributed by atoms with Gasteiger partial charge >= 0.3 is 0 Å². The average molecular weight is 283 g/mol. The molecule has 0 aliphatic carbocycles. The lowest BCUT2D eigenvalue weighted by Crippen LogP contribution is -2.43. The smallest absolute Gasteiger partial charge is 0.191 e. The van der Waals surface area contributed by atoms with Crippen LogP contribution in [0.25, 0.3) is 0 Å². The summed E-state index contributed by atoms with van der Waals surface area (Å²) in [6, 6.07) is 1.91. The Morgan fingerprint density at radius 2 is 2.26 bits per heavy atom. The molecule has 2 N–H and O–H groups in total. The number of ether oxygens (including phenoxy) is 1. The van der Waals surface area contributed by atoms with E-state index in [-0.39, 0.29) is 6.10 Å². The van der Waals surface area contributed by atoms with Crippen LogP contribution in [0.3, 0.4) is 0 Å². The molecule has 0 bridgehead atoms. The molecule has 0 saturated carbocycles. The topological polar surface area (TPSA) is 62.3 Å². The van der Waals surface area contributed by atoms with E-state index in [1.807, 2.05) is 19.4 Å². The third-order valence-electron chi connectivity index (χ3n) is 3.00. The molecule has 1 atom stereocenters. The van der Waals surface area contributed by atoms with Gasteiger partial charge in [-0.15, -0.1) is 0 Å². The normalized spacial score (nSPS) is 20.3. The Hall–Kier alpha value is -1.05. The van der Waals surface area contributed by atoms with Crippen LogP contribution in [0.1, 0.15) is 0 Å². The van der Waals surface area contributed by atoms with Gasteiger partial charge in [-0.05, 0) is 13.3 Å². The highest BCUT2D eigenvalue weighted by Crippen LogP contribution is 2.17. The van der Waals surface area contributed by atoms with Crippen LogP contribution in [0.15, 0.2) is 11.2 Å². The van der Waals surface area contributed by atoms with E-state index in [2.05, 4.69) is 32.5 Å². The number of thioether (sulfide) groups is 1. The molecule has 106 valence electrons. The first-order chi connectivity index (χ1) is 9.21. The monoisotopic (exact) mass is 283 g/mol. The maximum Gasteiger partial charge on any atom is 0.191 e. The zero-order chi connectivity index (χ0) is 13.7. The average Bonchev–Trinajstić information content (AvgIpc) is 2.44. The van der Waals surface area contributed by atoms with Gasteiger partial charge in [-0.2, -0.15) is 0 Å². The number of morpholine rings is 1. The third kappa shape index (κ3) is 4.22. The summed E-state index contributed by atoms with van der Waals surface area (Å²) in [6.07, 6.45) is 2.18. The number of rotatable bonds is 5. The number of likely N-dealkylation sites (N-methyl/N-ethyl adjacent to an activating group) is 1. The predicted molar refractivity (Wildman–Crippen MR) is 79.1 cm³/mol. The summed E-state index contributed by atoms with van der Waals surface area (Å²) in [5.41, 5.74) is 0. The minimum absolute atomic E-state index is 0.212. The van der Waals surface area contributed by atoms with Crippen molar-refractivity contribution in [2.45, 2.75) is 11.3 Å². The molecule has 0 radical (unpaired) electrons. The van der Waals surface area contributed by atoms with Gasteiger partial charge in [-0.25, -0.2) is 9.97 Å². The van der Waals surface area contributed by atoms with Crippen LogP contribution >= 0.6 is 11.8 Å². The molecular formula is C12H21N5OS. The SMILES string of the molecule is CNc1cc(NCC2CN(C)CCO2)nc(SC)n1. The fourth-order valence-electron chi connectivity index (χ4n) is 1.94. The Balaban J connectivity index is 1.94. The third-order valence-corrected chi connectivity index (χ3v) is 3.54. The lowest BCUT2D eigenvalue weighted by molar-refractivity contribution is -0.0117. The van der Waals surface area contributed by atoms with Gasteiger partial charge in [0.05, 0.1) is 12.7 Å². The van der Waals surface area contributed by atoms with Gasteiger partial charge in [0.25, 0.3) is 0 Å². The summed E-state index contributed by atoms with van der Waals surface area (Å²) >= 11 is 1.53. The number of aromatic nitrogens is 2. The first-order valence-corrected chi connectivity index (χ1v) is 7.58. The lowest BCUT2D eigenvalue weighted by Gasteiger charge is -2.30. The first-order valence-electron chi connectivity index (χ1n) is 6.36. The fourth-order valence-corrected chi connectivity index (χ4v) is 2.32. The van der Waals surface area contributed by atoms with Gasteiger partial charge in [0.15, 0.2) is 5.16 Å². The highest BCUT2D eigenvalue weighted by atomic mass is 32.2.